The fourth-order valence-corrected chi connectivity index (χ4v) is 9.38. The average molecular weight is 1200 g/mol. The summed E-state index contributed by atoms with van der Waals surface area (Å²) in [5.74, 6) is -2.86. The van der Waals surface area contributed by atoms with Crippen LogP contribution < -0.4 is 48.3 Å². The Labute approximate surface area is 482 Å². The third-order valence-corrected chi connectivity index (χ3v) is 14.3. The first kappa shape index (κ1) is 67.1. The Morgan fingerprint density at radius 3 is 2.25 bits per heavy atom. The van der Waals surface area contributed by atoms with Crippen LogP contribution in [-0.2, 0) is 63.9 Å². The van der Waals surface area contributed by atoms with Gasteiger partial charge in [0.25, 0.3) is 0 Å². The van der Waals surface area contributed by atoms with Gasteiger partial charge >= 0.3 is 18.1 Å². The number of nitrogens with one attached hydrogen (secondary N) is 8. The van der Waals surface area contributed by atoms with Crippen LogP contribution in [0.25, 0.3) is 0 Å². The molecule has 450 valence electrons. The van der Waals surface area contributed by atoms with Gasteiger partial charge in [-0.2, -0.15) is 0 Å². The van der Waals surface area contributed by atoms with E-state index < -0.39 is 77.9 Å². The van der Waals surface area contributed by atoms with E-state index in [0.717, 1.165) is 5.57 Å². The third kappa shape index (κ3) is 24.7. The van der Waals surface area contributed by atoms with Gasteiger partial charge in [0.15, 0.2) is 0 Å². The predicted octanol–water partition coefficient (Wildman–Crippen LogP) is 3.45. The van der Waals surface area contributed by atoms with Gasteiger partial charge in [0.2, 0.25) is 35.4 Å². The lowest BCUT2D eigenvalue weighted by Crippen LogP contribution is -2.54. The first-order chi connectivity index (χ1) is 38.5. The number of ether oxygens (including phenoxy) is 5. The summed E-state index contributed by atoms with van der Waals surface area (Å²) < 4.78 is 28.5. The quantitative estimate of drug-likeness (QED) is 0.00968. The lowest BCUT2D eigenvalue weighted by molar-refractivity contribution is -0.145. The summed E-state index contributed by atoms with van der Waals surface area (Å²) in [5.41, 5.74) is 6.24. The van der Waals surface area contributed by atoms with Crippen LogP contribution in [0.5, 0.6) is 0 Å². The van der Waals surface area contributed by atoms with Crippen LogP contribution in [0, 0.1) is 11.8 Å². The number of alkyl halides is 1. The molecule has 0 radical (unpaired) electrons. The average Bonchev–Trinajstić information content (AvgIpc) is 4.24. The van der Waals surface area contributed by atoms with Gasteiger partial charge in [0.05, 0.1) is 49.4 Å². The topological polar surface area (TPSA) is 346 Å². The maximum atomic E-state index is 13.6. The fraction of sp³-hybridized carbons (Fsp3) is 0.625. The van der Waals surface area contributed by atoms with Gasteiger partial charge in [-0.1, -0.05) is 79.1 Å². The monoisotopic (exact) mass is 1200 g/mol. The Bertz CT molecular complexity index is 2380. The Kier molecular flexibility index (Phi) is 28.3. The molecule has 0 aromatic heterocycles. The van der Waals surface area contributed by atoms with E-state index in [2.05, 4.69) is 65.4 Å². The normalized spacial score (nSPS) is 23.6. The number of hydrogen-bond acceptors (Lipinski definition) is 15. The molecule has 24 nitrogen and oxygen atoms in total. The van der Waals surface area contributed by atoms with E-state index in [-0.39, 0.29) is 92.2 Å². The summed E-state index contributed by atoms with van der Waals surface area (Å²) >= 11 is 3.09. The SMILES string of the molecule is CC(=O)O[C@@H](C)/C=C\C(=O)N[C@@H]1C[C@H](C)[C@H](C/C=C(C)/C=C/[C@H]2O[C@H](CC(=O)NCNC(=O)OCc3ccc(NC(=O)[C@H](CCCNC(N)=O)NC(=O)[C@@H](NC(=O)CCCCCNC(=O)CBr)C(C)C)cc3)C[C@@]3(CO3)[C@@H]2O)O[C@@H]1C. The summed E-state index contributed by atoms with van der Waals surface area (Å²) in [6, 6.07) is 3.52. The van der Waals surface area contributed by atoms with Crippen molar-refractivity contribution >= 4 is 75.2 Å². The van der Waals surface area contributed by atoms with Crippen molar-refractivity contribution in [3.05, 3.63) is 65.8 Å². The highest BCUT2D eigenvalue weighted by Gasteiger charge is 2.58. The molecule has 3 fully saturated rings. The molecule has 1 aromatic carbocycles. The highest BCUT2D eigenvalue weighted by Crippen LogP contribution is 2.43. The van der Waals surface area contributed by atoms with E-state index in [1.54, 1.807) is 51.1 Å². The summed E-state index contributed by atoms with van der Waals surface area (Å²) in [6.45, 7) is 13.0. The molecule has 11 N–H and O–H groups in total. The maximum absolute atomic E-state index is 13.6. The largest absolute Gasteiger partial charge is 0.459 e. The van der Waals surface area contributed by atoms with Crippen molar-refractivity contribution in [3.63, 3.8) is 0 Å². The minimum atomic E-state index is -1.05. The van der Waals surface area contributed by atoms with Gasteiger partial charge in [0.1, 0.15) is 42.6 Å². The number of allylic oxidation sites excluding steroid dienone is 2. The molecule has 81 heavy (non-hydrogen) atoms. The van der Waals surface area contributed by atoms with Crippen LogP contribution in [0.2, 0.25) is 0 Å². The standard InChI is InChI=1S/C56H84BrN9O15/c1-33(2)50(66-46(68)13-9-8-10-24-59-49(71)29-57)53(74)65-42(12-11-25-60-54(58)75)52(73)63-40-19-17-39(18-20-40)30-77-55(76)62-32-61-48(70)27-41-28-56(31-78-56)51(72)45(81-41)22-15-34(3)14-21-44-35(4)26-43(37(6)80-44)64-47(69)23-16-36(5)79-38(7)67/h14-20,22-23,33,35-37,41-45,50-51,72H,8-13,21,24-32H2,1-7H3,(H,59,71)(H,61,70)(H,62,76)(H,63,73)(H,64,69)(H,65,74)(H,66,68)(H3,58,60,75)/b22-15+,23-16-,34-14+/t35-,36-,37+,41+,42-,43+,44-,45+,50-,51+,56+/m0/s1. The molecule has 1 aromatic rings. The molecule has 0 unspecified atom stereocenters. The number of amides is 9. The Morgan fingerprint density at radius 2 is 1.58 bits per heavy atom. The second kappa shape index (κ2) is 34.1. The van der Waals surface area contributed by atoms with Gasteiger partial charge in [-0.15, -0.1) is 0 Å². The molecule has 3 aliphatic rings. The Morgan fingerprint density at radius 1 is 0.864 bits per heavy atom. The molecule has 3 saturated heterocycles. The summed E-state index contributed by atoms with van der Waals surface area (Å²) in [4.78, 5) is 112. The molecule has 1 spiro atoms. The molecule has 0 bridgehead atoms. The van der Waals surface area contributed by atoms with Crippen molar-refractivity contribution in [3.8, 4) is 0 Å². The van der Waals surface area contributed by atoms with Gasteiger partial charge < -0.3 is 77.1 Å². The lowest BCUT2D eigenvalue weighted by atomic mass is 9.87. The molecule has 25 heteroatoms. The summed E-state index contributed by atoms with van der Waals surface area (Å²) in [6.07, 6.45) is 8.72. The smallest absolute Gasteiger partial charge is 0.408 e. The van der Waals surface area contributed by atoms with E-state index >= 15 is 0 Å². The number of carbonyl (C=O) groups excluding carboxylic acids is 9. The Balaban J connectivity index is 1.19. The van der Waals surface area contributed by atoms with Crippen molar-refractivity contribution in [2.24, 2.45) is 17.6 Å². The summed E-state index contributed by atoms with van der Waals surface area (Å²) in [7, 11) is 0. The van der Waals surface area contributed by atoms with Crippen LogP contribution in [0.15, 0.2) is 60.2 Å². The minimum Gasteiger partial charge on any atom is -0.459 e. The number of urea groups is 1. The molecule has 0 saturated carbocycles. The number of nitrogens with two attached hydrogens (primary N) is 1. The first-order valence-corrected chi connectivity index (χ1v) is 28.8. The van der Waals surface area contributed by atoms with E-state index in [0.29, 0.717) is 69.3 Å². The van der Waals surface area contributed by atoms with Crippen molar-refractivity contribution in [1.29, 1.82) is 0 Å². The summed E-state index contributed by atoms with van der Waals surface area (Å²) in [5, 5.41) is 33.0. The Hall–Kier alpha value is -6.41. The van der Waals surface area contributed by atoms with E-state index in [1.807, 2.05) is 26.0 Å². The molecule has 9 amide bonds. The minimum absolute atomic E-state index is 0.0587. The van der Waals surface area contributed by atoms with Crippen LogP contribution >= 0.6 is 15.9 Å². The number of esters is 1. The van der Waals surface area contributed by atoms with Crippen LogP contribution in [0.4, 0.5) is 15.3 Å². The van der Waals surface area contributed by atoms with Crippen LogP contribution in [0.1, 0.15) is 118 Å². The number of hydrogen-bond donors (Lipinski definition) is 10. The number of aliphatic hydroxyl groups is 1. The number of anilines is 1. The number of primary amides is 1. The van der Waals surface area contributed by atoms with Crippen molar-refractivity contribution in [2.45, 2.75) is 180 Å². The highest BCUT2D eigenvalue weighted by molar-refractivity contribution is 9.09. The number of epoxide rings is 1. The van der Waals surface area contributed by atoms with Gasteiger partial charge in [-0.05, 0) is 94.9 Å². The van der Waals surface area contributed by atoms with E-state index in [9.17, 15) is 48.3 Å². The number of benzene rings is 1. The van der Waals surface area contributed by atoms with E-state index in [4.69, 9.17) is 29.4 Å². The molecule has 3 heterocycles. The van der Waals surface area contributed by atoms with Gasteiger partial charge in [0, 0.05) is 44.6 Å². The molecule has 3 aliphatic heterocycles. The molecule has 0 aliphatic carbocycles. The van der Waals surface area contributed by atoms with Crippen LogP contribution in [0.3, 0.4) is 0 Å². The van der Waals surface area contributed by atoms with Crippen molar-refractivity contribution in [1.82, 2.24) is 37.2 Å². The fourth-order valence-electron chi connectivity index (χ4n) is 9.19. The number of carbonyl (C=O) groups is 9. The first-order valence-electron chi connectivity index (χ1n) is 27.6. The van der Waals surface area contributed by atoms with Crippen LogP contribution in [-0.4, -0.2) is 151 Å². The highest BCUT2D eigenvalue weighted by atomic mass is 79.9. The number of halogens is 1. The second-order valence-corrected chi connectivity index (χ2v) is 21.7. The molecule has 11 atom stereocenters. The molecular formula is C56H84BrN9O15. The number of aliphatic hydroxyl groups excluding tert-OH is 1. The maximum Gasteiger partial charge on any atom is 0.408 e. The third-order valence-electron chi connectivity index (χ3n) is 13.8. The van der Waals surface area contributed by atoms with Gasteiger partial charge in [-0.25, -0.2) is 9.59 Å². The van der Waals surface area contributed by atoms with E-state index in [1.165, 1.54) is 19.1 Å². The lowest BCUT2D eigenvalue weighted by Gasteiger charge is -2.39. The zero-order valence-electron chi connectivity index (χ0n) is 47.5. The zero-order chi connectivity index (χ0) is 59.6. The second-order valence-electron chi connectivity index (χ2n) is 21.1. The van der Waals surface area contributed by atoms with Crippen molar-refractivity contribution < 1.29 is 71.9 Å². The molecular weight excluding hydrogens is 1120 g/mol. The zero-order valence-corrected chi connectivity index (χ0v) is 49.1. The number of rotatable bonds is 31. The molecule has 4 rings (SSSR count). The number of alkyl carbamates (subject to hydrolysis) is 1. The van der Waals surface area contributed by atoms with Gasteiger partial charge in [-0.3, -0.25) is 33.6 Å². The predicted molar refractivity (Wildman–Crippen MR) is 303 cm³/mol. The number of unbranched alkanes of at least 4 members (excludes halogenated alkanes) is 2. The van der Waals surface area contributed by atoms with Crippen molar-refractivity contribution in [2.75, 3.05) is 37.0 Å².